The van der Waals surface area contributed by atoms with Crippen LogP contribution in [0, 0.1) is 0 Å². The molecule has 0 radical (unpaired) electrons. The zero-order valence-corrected chi connectivity index (χ0v) is 13.7. The summed E-state index contributed by atoms with van der Waals surface area (Å²) in [5, 5.41) is 7.80. The van der Waals surface area contributed by atoms with Crippen LogP contribution in [0.4, 0.5) is 0 Å². The monoisotopic (exact) mass is 332 g/mol. The highest BCUT2D eigenvalue weighted by atomic mass is 35.5. The van der Waals surface area contributed by atoms with Gasteiger partial charge in [-0.2, -0.15) is 5.10 Å². The Morgan fingerprint density at radius 2 is 2.09 bits per heavy atom. The van der Waals surface area contributed by atoms with Gasteiger partial charge in [-0.1, -0.05) is 29.8 Å². The van der Waals surface area contributed by atoms with E-state index in [4.69, 9.17) is 11.6 Å². The van der Waals surface area contributed by atoms with Crippen molar-refractivity contribution in [2.45, 2.75) is 12.5 Å². The third-order valence-corrected chi connectivity index (χ3v) is 4.21. The highest BCUT2D eigenvalue weighted by Gasteiger charge is 2.29. The minimum absolute atomic E-state index is 0.0350. The lowest BCUT2D eigenvalue weighted by atomic mass is 10.1. The fourth-order valence-corrected chi connectivity index (χ4v) is 2.96. The van der Waals surface area contributed by atoms with E-state index < -0.39 is 0 Å². The van der Waals surface area contributed by atoms with Crippen molar-refractivity contribution in [2.75, 3.05) is 13.6 Å². The number of aryl methyl sites for hydroxylation is 1. The first kappa shape index (κ1) is 15.6. The number of nitrogens with one attached hydrogen (secondary N) is 1. The van der Waals surface area contributed by atoms with E-state index >= 15 is 0 Å². The molecule has 23 heavy (non-hydrogen) atoms. The van der Waals surface area contributed by atoms with Gasteiger partial charge in [0.2, 0.25) is 5.91 Å². The molecule has 1 atom stereocenters. The molecule has 6 nitrogen and oxygen atoms in total. The third kappa shape index (κ3) is 3.07. The minimum Gasteiger partial charge on any atom is -0.347 e. The summed E-state index contributed by atoms with van der Waals surface area (Å²) >= 11 is 6.22. The van der Waals surface area contributed by atoms with Gasteiger partial charge < -0.3 is 10.2 Å². The van der Waals surface area contributed by atoms with Crippen LogP contribution in [0.25, 0.3) is 11.3 Å². The lowest BCUT2D eigenvalue weighted by molar-refractivity contribution is -0.126. The van der Waals surface area contributed by atoms with Crippen LogP contribution in [0.15, 0.2) is 30.5 Å². The molecule has 120 valence electrons. The maximum absolute atomic E-state index is 12.6. The van der Waals surface area contributed by atoms with E-state index in [1.54, 1.807) is 35.9 Å². The predicted molar refractivity (Wildman–Crippen MR) is 87.2 cm³/mol. The van der Waals surface area contributed by atoms with Gasteiger partial charge in [0.1, 0.15) is 5.69 Å². The molecule has 1 aliphatic rings. The Morgan fingerprint density at radius 1 is 1.35 bits per heavy atom. The van der Waals surface area contributed by atoms with Crippen LogP contribution in [0.3, 0.4) is 0 Å². The smallest absolute Gasteiger partial charge is 0.255 e. The zero-order chi connectivity index (χ0) is 16.6. The second-order valence-electron chi connectivity index (χ2n) is 5.69. The van der Waals surface area contributed by atoms with Crippen LogP contribution >= 0.6 is 11.6 Å². The van der Waals surface area contributed by atoms with Crippen LogP contribution in [0.1, 0.15) is 16.8 Å². The normalized spacial score (nSPS) is 17.6. The molecule has 1 aliphatic heterocycles. The SMILES string of the molecule is CN1C[C@@H](NC(=O)c2cn(C)nc2-c2ccccc2Cl)CC1=O. The number of carbonyl (C=O) groups is 2. The summed E-state index contributed by atoms with van der Waals surface area (Å²) in [6.07, 6.45) is 1.98. The first-order valence-corrected chi connectivity index (χ1v) is 7.67. The van der Waals surface area contributed by atoms with E-state index in [1.807, 2.05) is 18.2 Å². The quantitative estimate of drug-likeness (QED) is 0.930. The van der Waals surface area contributed by atoms with Crippen molar-refractivity contribution >= 4 is 23.4 Å². The highest BCUT2D eigenvalue weighted by molar-refractivity contribution is 6.33. The molecule has 7 heteroatoms. The number of aromatic nitrogens is 2. The second kappa shape index (κ2) is 6.04. The van der Waals surface area contributed by atoms with Crippen molar-refractivity contribution in [2.24, 2.45) is 7.05 Å². The van der Waals surface area contributed by atoms with Crippen molar-refractivity contribution in [3.63, 3.8) is 0 Å². The van der Waals surface area contributed by atoms with Gasteiger partial charge in [0.25, 0.3) is 5.91 Å². The number of hydrogen-bond acceptors (Lipinski definition) is 3. The zero-order valence-electron chi connectivity index (χ0n) is 12.9. The molecule has 1 aromatic carbocycles. The van der Waals surface area contributed by atoms with Crippen molar-refractivity contribution in [3.8, 4) is 11.3 Å². The fraction of sp³-hybridized carbons (Fsp3) is 0.312. The third-order valence-electron chi connectivity index (χ3n) is 3.88. The van der Waals surface area contributed by atoms with Gasteiger partial charge >= 0.3 is 0 Å². The number of nitrogens with zero attached hydrogens (tertiary/aromatic N) is 3. The maximum atomic E-state index is 12.6. The number of halogens is 1. The van der Waals surface area contributed by atoms with Gasteiger partial charge in [-0.3, -0.25) is 14.3 Å². The van der Waals surface area contributed by atoms with Gasteiger partial charge in [0, 0.05) is 38.8 Å². The molecule has 0 unspecified atom stereocenters. The van der Waals surface area contributed by atoms with Crippen molar-refractivity contribution < 1.29 is 9.59 Å². The van der Waals surface area contributed by atoms with Gasteiger partial charge in [-0.05, 0) is 6.07 Å². The summed E-state index contributed by atoms with van der Waals surface area (Å²) in [5.41, 5.74) is 1.69. The van der Waals surface area contributed by atoms with E-state index in [-0.39, 0.29) is 17.9 Å². The Labute approximate surface area is 139 Å². The Bertz CT molecular complexity index is 771. The van der Waals surface area contributed by atoms with Crippen LogP contribution in [-0.2, 0) is 11.8 Å². The van der Waals surface area contributed by atoms with Gasteiger partial charge in [0.05, 0.1) is 16.6 Å². The molecule has 2 heterocycles. The molecular formula is C16H17ClN4O2. The lowest BCUT2D eigenvalue weighted by Gasteiger charge is -2.12. The number of hydrogen-bond donors (Lipinski definition) is 1. The summed E-state index contributed by atoms with van der Waals surface area (Å²) in [6.45, 7) is 0.520. The summed E-state index contributed by atoms with van der Waals surface area (Å²) < 4.78 is 1.58. The molecule has 0 aliphatic carbocycles. The Hall–Kier alpha value is -2.34. The van der Waals surface area contributed by atoms with Gasteiger partial charge in [-0.15, -0.1) is 0 Å². The molecular weight excluding hydrogens is 316 g/mol. The second-order valence-corrected chi connectivity index (χ2v) is 6.10. The van der Waals surface area contributed by atoms with Crippen LogP contribution in [0.2, 0.25) is 5.02 Å². The van der Waals surface area contributed by atoms with Crippen LogP contribution in [-0.4, -0.2) is 46.1 Å². The van der Waals surface area contributed by atoms with E-state index in [0.717, 1.165) is 0 Å². The standard InChI is InChI=1S/C16H17ClN4O2/c1-20-8-10(7-14(20)22)18-16(23)12-9-21(2)19-15(12)11-5-3-4-6-13(11)17/h3-6,9-10H,7-8H2,1-2H3,(H,18,23)/t10-/m0/s1. The molecule has 1 fully saturated rings. The molecule has 1 saturated heterocycles. The number of likely N-dealkylation sites (tertiary alicyclic amines) is 1. The van der Waals surface area contributed by atoms with Gasteiger partial charge in [0.15, 0.2) is 0 Å². The number of carbonyl (C=O) groups excluding carboxylic acids is 2. The summed E-state index contributed by atoms with van der Waals surface area (Å²) in [5.74, 6) is -0.214. The molecule has 1 N–H and O–H groups in total. The molecule has 0 spiro atoms. The Kier molecular flexibility index (Phi) is 4.09. The van der Waals surface area contributed by atoms with E-state index in [1.165, 1.54) is 0 Å². The Morgan fingerprint density at radius 3 is 2.74 bits per heavy atom. The average Bonchev–Trinajstić information content (AvgIpc) is 3.03. The maximum Gasteiger partial charge on any atom is 0.255 e. The lowest BCUT2D eigenvalue weighted by Crippen LogP contribution is -2.36. The molecule has 0 saturated carbocycles. The minimum atomic E-state index is -0.249. The van der Waals surface area contributed by atoms with Crippen LogP contribution in [0.5, 0.6) is 0 Å². The largest absolute Gasteiger partial charge is 0.347 e. The molecule has 1 aromatic heterocycles. The number of benzene rings is 1. The molecule has 3 rings (SSSR count). The molecule has 2 amide bonds. The first-order valence-electron chi connectivity index (χ1n) is 7.29. The molecule has 0 bridgehead atoms. The summed E-state index contributed by atoms with van der Waals surface area (Å²) in [4.78, 5) is 25.8. The van der Waals surface area contributed by atoms with Crippen molar-refractivity contribution in [3.05, 3.63) is 41.0 Å². The van der Waals surface area contributed by atoms with Gasteiger partial charge in [-0.25, -0.2) is 0 Å². The number of likely N-dealkylation sites (N-methyl/N-ethyl adjacent to an activating group) is 1. The van der Waals surface area contributed by atoms with E-state index in [0.29, 0.717) is 34.8 Å². The first-order chi connectivity index (χ1) is 11.0. The average molecular weight is 333 g/mol. The topological polar surface area (TPSA) is 67.2 Å². The van der Waals surface area contributed by atoms with E-state index in [2.05, 4.69) is 10.4 Å². The fourth-order valence-electron chi connectivity index (χ4n) is 2.73. The Balaban J connectivity index is 1.87. The summed E-state index contributed by atoms with van der Waals surface area (Å²) in [6, 6.07) is 7.09. The van der Waals surface area contributed by atoms with Crippen molar-refractivity contribution in [1.82, 2.24) is 20.0 Å². The van der Waals surface area contributed by atoms with Crippen molar-refractivity contribution in [1.29, 1.82) is 0 Å². The summed E-state index contributed by atoms with van der Waals surface area (Å²) in [7, 11) is 3.48. The predicted octanol–water partition coefficient (Wildman–Crippen LogP) is 1.70. The van der Waals surface area contributed by atoms with E-state index in [9.17, 15) is 9.59 Å². The highest BCUT2D eigenvalue weighted by Crippen LogP contribution is 2.29. The molecule has 2 aromatic rings. The van der Waals surface area contributed by atoms with Crippen LogP contribution < -0.4 is 5.32 Å². The number of rotatable bonds is 3. The number of amides is 2.